The van der Waals surface area contributed by atoms with Crippen LogP contribution in [0.15, 0.2) is 18.2 Å². The predicted molar refractivity (Wildman–Crippen MR) is 88.6 cm³/mol. The Morgan fingerprint density at radius 3 is 2.62 bits per heavy atom. The maximum absolute atomic E-state index is 5.50. The lowest BCUT2D eigenvalue weighted by Gasteiger charge is -2.31. The molecule has 0 N–H and O–H groups in total. The van der Waals surface area contributed by atoms with Crippen molar-refractivity contribution in [1.29, 1.82) is 0 Å². The lowest BCUT2D eigenvalue weighted by Crippen LogP contribution is -2.28. The van der Waals surface area contributed by atoms with Gasteiger partial charge in [-0.05, 0) is 53.1 Å². The van der Waals surface area contributed by atoms with E-state index in [0.717, 1.165) is 26.2 Å². The molecule has 0 bridgehead atoms. The molecule has 114 valence electrons. The van der Waals surface area contributed by atoms with E-state index in [2.05, 4.69) is 50.9 Å². The van der Waals surface area contributed by atoms with E-state index >= 15 is 0 Å². The van der Waals surface area contributed by atoms with Gasteiger partial charge in [-0.25, -0.2) is 0 Å². The summed E-state index contributed by atoms with van der Waals surface area (Å²) in [5.41, 5.74) is 7.75. The number of rotatable bonds is 1. The highest BCUT2D eigenvalue weighted by atomic mass is 16.5. The van der Waals surface area contributed by atoms with E-state index in [9.17, 15) is 0 Å². The molecule has 0 aliphatic carbocycles. The number of ether oxygens (including phenoxy) is 1. The molecule has 0 unspecified atom stereocenters. The third kappa shape index (κ3) is 3.07. The van der Waals surface area contributed by atoms with Gasteiger partial charge in [0.2, 0.25) is 0 Å². The minimum absolute atomic E-state index is 0.200. The highest BCUT2D eigenvalue weighted by Gasteiger charge is 2.23. The monoisotopic (exact) mass is 285 g/mol. The van der Waals surface area contributed by atoms with E-state index in [1.54, 1.807) is 5.56 Å². The molecule has 0 saturated carbocycles. The number of nitrogens with zero attached hydrogens (tertiary/aromatic N) is 1. The van der Waals surface area contributed by atoms with Gasteiger partial charge >= 0.3 is 0 Å². The fourth-order valence-electron chi connectivity index (χ4n) is 3.33. The van der Waals surface area contributed by atoms with Gasteiger partial charge in [-0.1, -0.05) is 39.0 Å². The molecule has 0 spiro atoms. The molecule has 0 atom stereocenters. The number of hydrogen-bond acceptors (Lipinski definition) is 2. The molecule has 2 aliphatic rings. The fraction of sp³-hybridized carbons (Fsp3) is 0.579. The molecule has 2 nitrogen and oxygen atoms in total. The standard InChI is InChI=1S/C19H27NO/c1-19(2,3)16-11-15-13-20(4)8-5-17(15)18(12-16)14-6-9-21-10-7-14/h6,11-12H,5,7-10,13H2,1-4H3. The zero-order valence-corrected chi connectivity index (χ0v) is 13.8. The normalized spacial score (nSPS) is 20.1. The van der Waals surface area contributed by atoms with Crippen molar-refractivity contribution in [3.05, 3.63) is 40.5 Å². The van der Waals surface area contributed by atoms with Crippen LogP contribution in [-0.4, -0.2) is 31.7 Å². The van der Waals surface area contributed by atoms with Crippen molar-refractivity contribution in [3.8, 4) is 0 Å². The molecule has 1 aromatic carbocycles. The first-order chi connectivity index (χ1) is 9.95. The highest BCUT2D eigenvalue weighted by molar-refractivity contribution is 5.71. The van der Waals surface area contributed by atoms with E-state index in [0.29, 0.717) is 0 Å². The average molecular weight is 285 g/mol. The van der Waals surface area contributed by atoms with Crippen molar-refractivity contribution >= 4 is 5.57 Å². The lowest BCUT2D eigenvalue weighted by atomic mass is 9.80. The van der Waals surface area contributed by atoms with Crippen LogP contribution < -0.4 is 0 Å². The molecule has 2 aliphatic heterocycles. The summed E-state index contributed by atoms with van der Waals surface area (Å²) < 4.78 is 5.50. The van der Waals surface area contributed by atoms with Crippen molar-refractivity contribution < 1.29 is 4.74 Å². The largest absolute Gasteiger partial charge is 0.377 e. The Kier molecular flexibility index (Phi) is 3.94. The first-order valence-electron chi connectivity index (χ1n) is 8.07. The van der Waals surface area contributed by atoms with Crippen molar-refractivity contribution in [2.75, 3.05) is 26.8 Å². The van der Waals surface area contributed by atoms with E-state index in [-0.39, 0.29) is 5.41 Å². The molecule has 0 amide bonds. The van der Waals surface area contributed by atoms with Gasteiger partial charge in [-0.2, -0.15) is 0 Å². The van der Waals surface area contributed by atoms with E-state index < -0.39 is 0 Å². The maximum atomic E-state index is 5.50. The van der Waals surface area contributed by atoms with E-state index in [4.69, 9.17) is 4.74 Å². The zero-order valence-electron chi connectivity index (χ0n) is 13.8. The summed E-state index contributed by atoms with van der Waals surface area (Å²) in [7, 11) is 2.22. The summed E-state index contributed by atoms with van der Waals surface area (Å²) in [6.07, 6.45) is 4.50. The summed E-state index contributed by atoms with van der Waals surface area (Å²) in [4.78, 5) is 2.43. The third-order valence-electron chi connectivity index (χ3n) is 4.70. The lowest BCUT2D eigenvalue weighted by molar-refractivity contribution is 0.161. The van der Waals surface area contributed by atoms with Crippen LogP contribution in [0.5, 0.6) is 0 Å². The highest BCUT2D eigenvalue weighted by Crippen LogP contribution is 2.35. The smallest absolute Gasteiger partial charge is 0.0653 e. The third-order valence-corrected chi connectivity index (χ3v) is 4.70. The molecule has 2 heterocycles. The number of likely N-dealkylation sites (N-methyl/N-ethyl adjacent to an activating group) is 1. The predicted octanol–water partition coefficient (Wildman–Crippen LogP) is 3.78. The molecule has 21 heavy (non-hydrogen) atoms. The molecule has 0 saturated heterocycles. The molecular weight excluding hydrogens is 258 g/mol. The molecule has 0 aromatic heterocycles. The topological polar surface area (TPSA) is 12.5 Å². The van der Waals surface area contributed by atoms with E-state index in [1.165, 1.54) is 35.2 Å². The quantitative estimate of drug-likeness (QED) is 0.778. The van der Waals surface area contributed by atoms with Gasteiger partial charge in [-0.3, -0.25) is 0 Å². The Bertz CT molecular complexity index is 566. The summed E-state index contributed by atoms with van der Waals surface area (Å²) >= 11 is 0. The van der Waals surface area contributed by atoms with Gasteiger partial charge in [0.25, 0.3) is 0 Å². The SMILES string of the molecule is CN1CCc2c(cc(C(C)(C)C)cc2C2=CCOCC2)C1. The van der Waals surface area contributed by atoms with Crippen molar-refractivity contribution in [2.24, 2.45) is 0 Å². The first kappa shape index (κ1) is 14.8. The van der Waals surface area contributed by atoms with Crippen LogP contribution in [0.4, 0.5) is 0 Å². The van der Waals surface area contributed by atoms with Gasteiger partial charge in [0, 0.05) is 13.1 Å². The van der Waals surface area contributed by atoms with Crippen LogP contribution in [-0.2, 0) is 23.1 Å². The Balaban J connectivity index is 2.12. The van der Waals surface area contributed by atoms with Gasteiger partial charge in [0.1, 0.15) is 0 Å². The summed E-state index contributed by atoms with van der Waals surface area (Å²) in [6.45, 7) is 10.8. The Labute approximate surface area is 128 Å². The molecule has 0 radical (unpaired) electrons. The van der Waals surface area contributed by atoms with Crippen molar-refractivity contribution in [2.45, 2.75) is 45.6 Å². The van der Waals surface area contributed by atoms with E-state index in [1.807, 2.05) is 0 Å². The van der Waals surface area contributed by atoms with Crippen LogP contribution in [0.1, 0.15) is 49.4 Å². The van der Waals surface area contributed by atoms with Gasteiger partial charge in [0.05, 0.1) is 13.2 Å². The van der Waals surface area contributed by atoms with Gasteiger partial charge in [0.15, 0.2) is 0 Å². The van der Waals surface area contributed by atoms with Crippen LogP contribution in [0.2, 0.25) is 0 Å². The van der Waals surface area contributed by atoms with Crippen LogP contribution >= 0.6 is 0 Å². The van der Waals surface area contributed by atoms with Gasteiger partial charge in [-0.15, -0.1) is 0 Å². The summed E-state index contributed by atoms with van der Waals surface area (Å²) in [5.74, 6) is 0. The minimum Gasteiger partial charge on any atom is -0.377 e. The summed E-state index contributed by atoms with van der Waals surface area (Å²) in [6, 6.07) is 4.88. The van der Waals surface area contributed by atoms with Crippen molar-refractivity contribution in [3.63, 3.8) is 0 Å². The number of hydrogen-bond donors (Lipinski definition) is 0. The molecule has 2 heteroatoms. The Morgan fingerprint density at radius 1 is 1.14 bits per heavy atom. The molecule has 1 aromatic rings. The van der Waals surface area contributed by atoms with Crippen LogP contribution in [0.25, 0.3) is 5.57 Å². The second-order valence-corrected chi connectivity index (χ2v) is 7.45. The number of fused-ring (bicyclic) bond motifs is 1. The van der Waals surface area contributed by atoms with Gasteiger partial charge < -0.3 is 9.64 Å². The molecular formula is C19H27NO. The Morgan fingerprint density at radius 2 is 1.95 bits per heavy atom. The summed E-state index contributed by atoms with van der Waals surface area (Å²) in [5, 5.41) is 0. The number of benzene rings is 1. The maximum Gasteiger partial charge on any atom is 0.0653 e. The van der Waals surface area contributed by atoms with Crippen molar-refractivity contribution in [1.82, 2.24) is 4.90 Å². The molecule has 0 fully saturated rings. The average Bonchev–Trinajstić information content (AvgIpc) is 2.45. The second-order valence-electron chi connectivity index (χ2n) is 7.45. The second kappa shape index (κ2) is 5.58. The van der Waals surface area contributed by atoms with Crippen LogP contribution in [0, 0.1) is 0 Å². The first-order valence-corrected chi connectivity index (χ1v) is 8.07. The van der Waals surface area contributed by atoms with Crippen LogP contribution in [0.3, 0.4) is 0 Å². The Hall–Kier alpha value is -1.12. The minimum atomic E-state index is 0.200. The molecule has 3 rings (SSSR count). The fourth-order valence-corrected chi connectivity index (χ4v) is 3.33. The zero-order chi connectivity index (χ0) is 15.0.